The molecular weight excluding hydrogens is 462 g/mol. The molecule has 1 aliphatic heterocycles. The minimum atomic E-state index is 0.403. The maximum absolute atomic E-state index is 9.19. The zero-order valence-corrected chi connectivity index (χ0v) is 23.6. The smallest absolute Gasteiger partial charge is 0.0991 e. The van der Waals surface area contributed by atoms with Gasteiger partial charge in [0.2, 0.25) is 0 Å². The van der Waals surface area contributed by atoms with Crippen molar-refractivity contribution in [2.75, 3.05) is 19.6 Å². The Morgan fingerprint density at radius 2 is 1.66 bits per heavy atom. The second-order valence-corrected chi connectivity index (χ2v) is 11.5. The number of nitrogens with zero attached hydrogens (tertiary/aromatic N) is 3. The first kappa shape index (κ1) is 27.8. The summed E-state index contributed by atoms with van der Waals surface area (Å²) in [7, 11) is 0. The maximum atomic E-state index is 9.19. The number of hydrogen-bond donors (Lipinski definition) is 0. The van der Waals surface area contributed by atoms with Crippen LogP contribution in [0.1, 0.15) is 43.0 Å². The SMILES string of the molecule is C=CC1=C(C=C)C(C)C(CN(Cc2ccc(C)cc2)CC2C(C)C(C)CN2Cc2ccc(C#N)cc2)C=C1. The molecule has 0 radical (unpaired) electrons. The largest absolute Gasteiger partial charge is 0.297 e. The van der Waals surface area contributed by atoms with Crippen molar-refractivity contribution in [3.8, 4) is 6.07 Å². The fourth-order valence-electron chi connectivity index (χ4n) is 6.18. The van der Waals surface area contributed by atoms with Crippen molar-refractivity contribution in [1.29, 1.82) is 5.26 Å². The molecule has 2 aromatic carbocycles. The molecule has 5 unspecified atom stereocenters. The molecule has 0 aromatic heterocycles. The van der Waals surface area contributed by atoms with Gasteiger partial charge in [0.1, 0.15) is 0 Å². The van der Waals surface area contributed by atoms with Crippen LogP contribution in [0.5, 0.6) is 0 Å². The summed E-state index contributed by atoms with van der Waals surface area (Å²) in [4.78, 5) is 5.35. The lowest BCUT2D eigenvalue weighted by molar-refractivity contribution is 0.130. The Morgan fingerprint density at radius 1 is 0.974 bits per heavy atom. The number of hydrogen-bond acceptors (Lipinski definition) is 3. The lowest BCUT2D eigenvalue weighted by Crippen LogP contribution is -2.44. The molecule has 1 fully saturated rings. The molecule has 0 bridgehead atoms. The fourth-order valence-corrected chi connectivity index (χ4v) is 6.18. The minimum Gasteiger partial charge on any atom is -0.297 e. The molecule has 0 spiro atoms. The first-order valence-electron chi connectivity index (χ1n) is 14.0. The van der Waals surface area contributed by atoms with Gasteiger partial charge >= 0.3 is 0 Å². The van der Waals surface area contributed by atoms with Crippen LogP contribution in [0.25, 0.3) is 0 Å². The summed E-state index contributed by atoms with van der Waals surface area (Å²) in [5, 5.41) is 9.19. The summed E-state index contributed by atoms with van der Waals surface area (Å²) >= 11 is 0. The van der Waals surface area contributed by atoms with Gasteiger partial charge in [-0.15, -0.1) is 0 Å². The molecule has 5 atom stereocenters. The highest BCUT2D eigenvalue weighted by atomic mass is 15.2. The van der Waals surface area contributed by atoms with Gasteiger partial charge in [0, 0.05) is 38.8 Å². The van der Waals surface area contributed by atoms with Crippen LogP contribution < -0.4 is 0 Å². The van der Waals surface area contributed by atoms with Crippen LogP contribution in [-0.4, -0.2) is 35.5 Å². The van der Waals surface area contributed by atoms with E-state index in [0.717, 1.165) is 38.3 Å². The molecule has 4 rings (SSSR count). The predicted molar refractivity (Wildman–Crippen MR) is 159 cm³/mol. The van der Waals surface area contributed by atoms with E-state index in [4.69, 9.17) is 0 Å². The molecule has 2 aromatic rings. The molecule has 3 nitrogen and oxygen atoms in total. The number of benzene rings is 2. The highest BCUT2D eigenvalue weighted by Crippen LogP contribution is 2.34. The molecule has 198 valence electrons. The van der Waals surface area contributed by atoms with Crippen LogP contribution in [0.15, 0.2) is 97.1 Å². The number of nitriles is 1. The standard InChI is InChI=1S/C35H43N3/c1-7-32-17-18-33(28(6)34(32)8-2)23-37(21-30-11-9-25(3)10-12-30)24-35-27(5)26(4)20-38(35)22-31-15-13-29(19-36)14-16-31/h7-18,26-28,33,35H,1-2,20-24H2,3-6H3. The Bertz CT molecular complexity index is 1210. The number of allylic oxidation sites excluding steroid dienone is 5. The summed E-state index contributed by atoms with van der Waals surface area (Å²) in [6.07, 6.45) is 8.58. The van der Waals surface area contributed by atoms with Gasteiger partial charge in [-0.3, -0.25) is 9.80 Å². The summed E-state index contributed by atoms with van der Waals surface area (Å²) in [5.41, 5.74) is 7.16. The number of likely N-dealkylation sites (tertiary alicyclic amines) is 1. The Morgan fingerprint density at radius 3 is 2.29 bits per heavy atom. The Hall–Kier alpha value is -3.19. The first-order valence-corrected chi connectivity index (χ1v) is 14.0. The molecule has 0 amide bonds. The highest BCUT2D eigenvalue weighted by molar-refractivity contribution is 5.44. The Balaban J connectivity index is 1.56. The average molecular weight is 506 g/mol. The first-order chi connectivity index (χ1) is 18.3. The van der Waals surface area contributed by atoms with Gasteiger partial charge in [-0.05, 0) is 65.0 Å². The van der Waals surface area contributed by atoms with E-state index in [2.05, 4.69) is 105 Å². The second kappa shape index (κ2) is 12.6. The van der Waals surface area contributed by atoms with Crippen molar-refractivity contribution in [1.82, 2.24) is 9.80 Å². The van der Waals surface area contributed by atoms with Crippen LogP contribution in [0.4, 0.5) is 0 Å². The van der Waals surface area contributed by atoms with E-state index in [0.29, 0.717) is 29.7 Å². The second-order valence-electron chi connectivity index (χ2n) is 11.5. The molecule has 0 saturated carbocycles. The monoisotopic (exact) mass is 505 g/mol. The minimum absolute atomic E-state index is 0.403. The van der Waals surface area contributed by atoms with Crippen molar-refractivity contribution in [2.24, 2.45) is 23.7 Å². The van der Waals surface area contributed by atoms with Gasteiger partial charge in [-0.25, -0.2) is 0 Å². The van der Waals surface area contributed by atoms with Crippen molar-refractivity contribution in [3.63, 3.8) is 0 Å². The summed E-state index contributed by atoms with van der Waals surface area (Å²) in [6.45, 7) is 22.4. The zero-order chi connectivity index (χ0) is 27.2. The molecular formula is C35H43N3. The van der Waals surface area contributed by atoms with Crippen LogP contribution in [-0.2, 0) is 13.1 Å². The van der Waals surface area contributed by atoms with Gasteiger partial charge in [0.15, 0.2) is 0 Å². The third kappa shape index (κ3) is 6.44. The van der Waals surface area contributed by atoms with Crippen LogP contribution in [0.2, 0.25) is 0 Å². The van der Waals surface area contributed by atoms with E-state index in [1.54, 1.807) is 0 Å². The third-order valence-corrected chi connectivity index (χ3v) is 8.83. The van der Waals surface area contributed by atoms with E-state index < -0.39 is 0 Å². The topological polar surface area (TPSA) is 30.3 Å². The quantitative estimate of drug-likeness (QED) is 0.339. The van der Waals surface area contributed by atoms with E-state index >= 15 is 0 Å². The van der Waals surface area contributed by atoms with Crippen LogP contribution >= 0.6 is 0 Å². The predicted octanol–water partition coefficient (Wildman–Crippen LogP) is 7.32. The van der Waals surface area contributed by atoms with E-state index in [1.807, 2.05) is 24.3 Å². The molecule has 1 aliphatic carbocycles. The molecule has 38 heavy (non-hydrogen) atoms. The maximum Gasteiger partial charge on any atom is 0.0991 e. The normalized spacial score (nSPS) is 25.5. The molecule has 1 saturated heterocycles. The molecule has 2 aliphatic rings. The van der Waals surface area contributed by atoms with Crippen molar-refractivity contribution < 1.29 is 0 Å². The van der Waals surface area contributed by atoms with Crippen molar-refractivity contribution >= 4 is 0 Å². The van der Waals surface area contributed by atoms with Crippen LogP contribution in [0, 0.1) is 41.9 Å². The number of aryl methyl sites for hydroxylation is 1. The number of rotatable bonds is 10. The lowest BCUT2D eigenvalue weighted by atomic mass is 9.79. The zero-order valence-electron chi connectivity index (χ0n) is 23.6. The fraction of sp³-hybridized carbons (Fsp3) is 0.400. The Kier molecular flexibility index (Phi) is 9.21. The van der Waals surface area contributed by atoms with E-state index in [1.165, 1.54) is 27.8 Å². The molecule has 0 N–H and O–H groups in total. The summed E-state index contributed by atoms with van der Waals surface area (Å²) in [5.74, 6) is 2.10. The van der Waals surface area contributed by atoms with Gasteiger partial charge in [-0.1, -0.05) is 100 Å². The third-order valence-electron chi connectivity index (χ3n) is 8.83. The van der Waals surface area contributed by atoms with E-state index in [9.17, 15) is 5.26 Å². The van der Waals surface area contributed by atoms with Gasteiger partial charge < -0.3 is 0 Å². The summed E-state index contributed by atoms with van der Waals surface area (Å²) < 4.78 is 0. The van der Waals surface area contributed by atoms with E-state index in [-0.39, 0.29) is 0 Å². The highest BCUT2D eigenvalue weighted by Gasteiger charge is 2.38. The molecule has 1 heterocycles. The van der Waals surface area contributed by atoms with Gasteiger partial charge in [-0.2, -0.15) is 5.26 Å². The van der Waals surface area contributed by atoms with Gasteiger partial charge in [0.05, 0.1) is 11.6 Å². The lowest BCUT2D eigenvalue weighted by Gasteiger charge is -2.37. The molecule has 3 heteroatoms. The summed E-state index contributed by atoms with van der Waals surface area (Å²) in [6, 6.07) is 19.8. The Labute approximate surface area is 230 Å². The van der Waals surface area contributed by atoms with Gasteiger partial charge in [0.25, 0.3) is 0 Å². The average Bonchev–Trinajstić information content (AvgIpc) is 3.18. The van der Waals surface area contributed by atoms with Crippen molar-refractivity contribution in [2.45, 2.75) is 46.8 Å². The van der Waals surface area contributed by atoms with Crippen LogP contribution in [0.3, 0.4) is 0 Å². The van der Waals surface area contributed by atoms with Crippen molar-refractivity contribution in [3.05, 3.63) is 119 Å².